The zero-order chi connectivity index (χ0) is 12.5. The van der Waals surface area contributed by atoms with Gasteiger partial charge in [-0.25, -0.2) is 14.5 Å². The minimum Gasteiger partial charge on any atom is -0.384 e. The Morgan fingerprint density at radius 1 is 1.28 bits per heavy atom. The molecule has 0 bridgehead atoms. The predicted molar refractivity (Wildman–Crippen MR) is 67.2 cm³/mol. The zero-order valence-corrected chi connectivity index (χ0v) is 9.52. The quantitative estimate of drug-likeness (QED) is 0.709. The van der Waals surface area contributed by atoms with Gasteiger partial charge >= 0.3 is 5.69 Å². The summed E-state index contributed by atoms with van der Waals surface area (Å²) in [5.41, 5.74) is 6.96. The molecular weight excluding hydrogens is 230 g/mol. The number of hydrogen-bond donors (Lipinski definition) is 1. The van der Waals surface area contributed by atoms with Gasteiger partial charge in [-0.3, -0.25) is 4.40 Å². The standard InChI is InChI=1S/C12H11N5O/c13-10-7-9(4-5-14-10)8-17-12(18)16-6-2-1-3-11(16)15-17/h1-7H,8H2,(H2,13,14). The van der Waals surface area contributed by atoms with Crippen LogP contribution in [0, 0.1) is 0 Å². The molecule has 0 fully saturated rings. The van der Waals surface area contributed by atoms with E-state index in [4.69, 9.17) is 5.73 Å². The molecule has 0 aliphatic carbocycles. The van der Waals surface area contributed by atoms with Crippen LogP contribution in [0.3, 0.4) is 0 Å². The summed E-state index contributed by atoms with van der Waals surface area (Å²) in [5.74, 6) is 0.435. The van der Waals surface area contributed by atoms with Gasteiger partial charge in [0.25, 0.3) is 0 Å². The molecule has 3 rings (SSSR count). The third-order valence-electron chi connectivity index (χ3n) is 2.67. The fraction of sp³-hybridized carbons (Fsp3) is 0.0833. The molecule has 0 aromatic carbocycles. The van der Waals surface area contributed by atoms with E-state index in [9.17, 15) is 4.79 Å². The third kappa shape index (κ3) is 1.73. The largest absolute Gasteiger partial charge is 0.384 e. The number of nitrogens with two attached hydrogens (primary N) is 1. The van der Waals surface area contributed by atoms with Crippen molar-refractivity contribution in [3.63, 3.8) is 0 Å². The van der Waals surface area contributed by atoms with Crippen molar-refractivity contribution >= 4 is 11.5 Å². The number of nitrogen functional groups attached to an aromatic ring is 1. The van der Waals surface area contributed by atoms with Crippen LogP contribution in [-0.2, 0) is 6.54 Å². The van der Waals surface area contributed by atoms with Crippen LogP contribution in [-0.4, -0.2) is 19.2 Å². The molecule has 3 aromatic rings. The van der Waals surface area contributed by atoms with E-state index in [1.807, 2.05) is 12.1 Å². The van der Waals surface area contributed by atoms with Gasteiger partial charge in [-0.1, -0.05) is 6.07 Å². The molecule has 2 N–H and O–H groups in total. The van der Waals surface area contributed by atoms with Crippen molar-refractivity contribution in [1.82, 2.24) is 19.2 Å². The van der Waals surface area contributed by atoms with Crippen molar-refractivity contribution in [3.05, 3.63) is 58.8 Å². The highest BCUT2D eigenvalue weighted by Crippen LogP contribution is 2.04. The predicted octanol–water partition coefficient (Wildman–Crippen LogP) is 0.521. The molecule has 18 heavy (non-hydrogen) atoms. The summed E-state index contributed by atoms with van der Waals surface area (Å²) >= 11 is 0. The van der Waals surface area contributed by atoms with Crippen molar-refractivity contribution in [2.45, 2.75) is 6.54 Å². The van der Waals surface area contributed by atoms with Gasteiger partial charge < -0.3 is 5.73 Å². The monoisotopic (exact) mass is 241 g/mol. The topological polar surface area (TPSA) is 78.2 Å². The Kier molecular flexibility index (Phi) is 2.33. The Bertz CT molecular complexity index is 758. The summed E-state index contributed by atoms with van der Waals surface area (Å²) < 4.78 is 2.91. The molecule has 0 aliphatic rings. The lowest BCUT2D eigenvalue weighted by Gasteiger charge is -2.00. The number of anilines is 1. The highest BCUT2D eigenvalue weighted by atomic mass is 16.2. The van der Waals surface area contributed by atoms with E-state index in [-0.39, 0.29) is 5.69 Å². The lowest BCUT2D eigenvalue weighted by atomic mass is 10.2. The second-order valence-corrected chi connectivity index (χ2v) is 3.96. The van der Waals surface area contributed by atoms with Gasteiger partial charge in [0.2, 0.25) is 0 Å². The number of aromatic nitrogens is 4. The molecule has 90 valence electrons. The number of fused-ring (bicyclic) bond motifs is 1. The molecule has 6 heteroatoms. The van der Waals surface area contributed by atoms with Crippen LogP contribution >= 0.6 is 0 Å². The van der Waals surface area contributed by atoms with Crippen molar-refractivity contribution in [3.8, 4) is 0 Å². The average Bonchev–Trinajstić information content (AvgIpc) is 2.67. The zero-order valence-electron chi connectivity index (χ0n) is 9.52. The minimum absolute atomic E-state index is 0.166. The highest BCUT2D eigenvalue weighted by Gasteiger charge is 2.06. The van der Waals surface area contributed by atoms with Crippen LogP contribution in [0.1, 0.15) is 5.56 Å². The molecule has 0 radical (unpaired) electrons. The van der Waals surface area contributed by atoms with Crippen molar-refractivity contribution < 1.29 is 0 Å². The molecule has 0 unspecified atom stereocenters. The summed E-state index contributed by atoms with van der Waals surface area (Å²) in [6, 6.07) is 8.98. The van der Waals surface area contributed by atoms with Crippen molar-refractivity contribution in [2.24, 2.45) is 0 Å². The van der Waals surface area contributed by atoms with Crippen LogP contribution in [0.15, 0.2) is 47.5 Å². The highest BCUT2D eigenvalue weighted by molar-refractivity contribution is 5.36. The van der Waals surface area contributed by atoms with Crippen LogP contribution < -0.4 is 11.4 Å². The van der Waals surface area contributed by atoms with E-state index in [1.54, 1.807) is 30.6 Å². The fourth-order valence-corrected chi connectivity index (χ4v) is 1.84. The molecule has 3 aromatic heterocycles. The first-order valence-corrected chi connectivity index (χ1v) is 5.49. The molecule has 0 spiro atoms. The lowest BCUT2D eigenvalue weighted by Crippen LogP contribution is -2.21. The van der Waals surface area contributed by atoms with Crippen molar-refractivity contribution in [2.75, 3.05) is 5.73 Å². The number of hydrogen-bond acceptors (Lipinski definition) is 4. The normalized spacial score (nSPS) is 10.9. The van der Waals surface area contributed by atoms with Crippen LogP contribution in [0.5, 0.6) is 0 Å². The first kappa shape index (κ1) is 10.5. The summed E-state index contributed by atoms with van der Waals surface area (Å²) in [5, 5.41) is 4.24. The van der Waals surface area contributed by atoms with Gasteiger partial charge in [-0.05, 0) is 29.8 Å². The second kappa shape index (κ2) is 3.99. The first-order chi connectivity index (χ1) is 8.74. The van der Waals surface area contributed by atoms with Gasteiger partial charge in [0.15, 0.2) is 5.65 Å². The maximum Gasteiger partial charge on any atom is 0.350 e. The van der Waals surface area contributed by atoms with E-state index < -0.39 is 0 Å². The Balaban J connectivity index is 2.05. The van der Waals surface area contributed by atoms with Crippen molar-refractivity contribution in [1.29, 1.82) is 0 Å². The first-order valence-electron chi connectivity index (χ1n) is 5.49. The molecule has 0 saturated carbocycles. The molecule has 0 saturated heterocycles. The second-order valence-electron chi connectivity index (χ2n) is 3.96. The minimum atomic E-state index is -0.166. The third-order valence-corrected chi connectivity index (χ3v) is 2.67. The number of pyridine rings is 2. The van der Waals surface area contributed by atoms with Gasteiger partial charge in [-0.2, -0.15) is 0 Å². The Hall–Kier alpha value is -2.63. The van der Waals surface area contributed by atoms with Crippen LogP contribution in [0.25, 0.3) is 5.65 Å². The summed E-state index contributed by atoms with van der Waals surface area (Å²) in [7, 11) is 0. The molecule has 0 aliphatic heterocycles. The van der Waals surface area contributed by atoms with Gasteiger partial charge in [0.05, 0.1) is 6.54 Å². The van der Waals surface area contributed by atoms with E-state index in [2.05, 4.69) is 10.1 Å². The lowest BCUT2D eigenvalue weighted by molar-refractivity contribution is 0.658. The summed E-state index contributed by atoms with van der Waals surface area (Å²) in [4.78, 5) is 15.9. The van der Waals surface area contributed by atoms with Gasteiger partial charge in [0, 0.05) is 12.4 Å². The van der Waals surface area contributed by atoms with E-state index in [0.717, 1.165) is 5.56 Å². The maximum atomic E-state index is 12.0. The summed E-state index contributed by atoms with van der Waals surface area (Å²) in [6.07, 6.45) is 3.31. The van der Waals surface area contributed by atoms with Crippen LogP contribution in [0.4, 0.5) is 5.82 Å². The average molecular weight is 241 g/mol. The molecule has 6 nitrogen and oxygen atoms in total. The Morgan fingerprint density at radius 2 is 2.17 bits per heavy atom. The van der Waals surface area contributed by atoms with E-state index >= 15 is 0 Å². The number of nitrogens with zero attached hydrogens (tertiary/aromatic N) is 4. The smallest absolute Gasteiger partial charge is 0.350 e. The van der Waals surface area contributed by atoms with Crippen LogP contribution in [0.2, 0.25) is 0 Å². The number of rotatable bonds is 2. The molecule has 3 heterocycles. The Morgan fingerprint density at radius 3 is 2.94 bits per heavy atom. The molecule has 0 atom stereocenters. The molecular formula is C12H11N5O. The van der Waals surface area contributed by atoms with Gasteiger partial charge in [0.1, 0.15) is 5.82 Å². The fourth-order valence-electron chi connectivity index (χ4n) is 1.84. The Labute approximate surface area is 102 Å². The SMILES string of the molecule is Nc1cc(Cn2nc3ccccn3c2=O)ccn1. The summed E-state index contributed by atoms with van der Waals surface area (Å²) in [6.45, 7) is 0.382. The maximum absolute atomic E-state index is 12.0. The van der Waals surface area contributed by atoms with E-state index in [0.29, 0.717) is 18.0 Å². The van der Waals surface area contributed by atoms with Gasteiger partial charge in [-0.15, -0.1) is 5.10 Å². The van der Waals surface area contributed by atoms with E-state index in [1.165, 1.54) is 9.08 Å². The molecule has 0 amide bonds.